The van der Waals surface area contributed by atoms with Gasteiger partial charge in [0.1, 0.15) is 0 Å². The van der Waals surface area contributed by atoms with Crippen LogP contribution in [0.3, 0.4) is 0 Å². The van der Waals surface area contributed by atoms with Crippen LogP contribution in [0.25, 0.3) is 0 Å². The van der Waals surface area contributed by atoms with Crippen LogP contribution in [-0.2, 0) is 0 Å². The molecule has 0 heterocycles. The number of hydrogen-bond acceptors (Lipinski definition) is 0. The summed E-state index contributed by atoms with van der Waals surface area (Å²) in [7, 11) is 0. The Hall–Kier alpha value is -0.260. The fourth-order valence-corrected chi connectivity index (χ4v) is 2.17. The lowest BCUT2D eigenvalue weighted by Crippen LogP contribution is -1.85. The second kappa shape index (κ2) is 9.30. The van der Waals surface area contributed by atoms with E-state index in [1.54, 1.807) is 0 Å². The van der Waals surface area contributed by atoms with Crippen LogP contribution in [0.4, 0.5) is 0 Å². The van der Waals surface area contributed by atoms with Gasteiger partial charge in [-0.15, -0.1) is 0 Å². The van der Waals surface area contributed by atoms with E-state index in [2.05, 4.69) is 12.2 Å². The first-order valence-corrected chi connectivity index (χ1v) is 6.65. The molecule has 14 heavy (non-hydrogen) atoms. The molecule has 1 saturated carbocycles. The number of allylic oxidation sites excluding steroid dienone is 2. The average Bonchev–Trinajstić information content (AvgIpc) is 2.20. The minimum absolute atomic E-state index is 1.32. The lowest BCUT2D eigenvalue weighted by atomic mass is 10.0. The predicted molar refractivity (Wildman–Crippen MR) is 64.5 cm³/mol. The van der Waals surface area contributed by atoms with Crippen LogP contribution in [0.5, 0.6) is 0 Å². The minimum atomic E-state index is 1.32. The van der Waals surface area contributed by atoms with Crippen molar-refractivity contribution in [2.24, 2.45) is 0 Å². The topological polar surface area (TPSA) is 0 Å². The molecule has 2 aliphatic carbocycles. The van der Waals surface area contributed by atoms with Crippen LogP contribution in [0.2, 0.25) is 0 Å². The molecule has 2 aliphatic rings. The SMILES string of the molecule is C1=CCCCCCC1.C1CCCCC1. The zero-order chi connectivity index (χ0) is 9.90. The van der Waals surface area contributed by atoms with Gasteiger partial charge in [-0.05, 0) is 25.7 Å². The summed E-state index contributed by atoms with van der Waals surface area (Å²) in [5, 5.41) is 0. The minimum Gasteiger partial charge on any atom is -0.0885 e. The molecule has 0 amide bonds. The summed E-state index contributed by atoms with van der Waals surface area (Å²) in [5.74, 6) is 0. The van der Waals surface area contributed by atoms with Crippen molar-refractivity contribution < 1.29 is 0 Å². The predicted octanol–water partition coefficient (Wildman–Crippen LogP) is 5.24. The molecule has 0 spiro atoms. The summed E-state index contributed by atoms with van der Waals surface area (Å²) in [6, 6.07) is 0. The van der Waals surface area contributed by atoms with Crippen molar-refractivity contribution in [1.29, 1.82) is 0 Å². The van der Waals surface area contributed by atoms with Gasteiger partial charge in [-0.2, -0.15) is 0 Å². The van der Waals surface area contributed by atoms with E-state index in [-0.39, 0.29) is 0 Å². The lowest BCUT2D eigenvalue weighted by molar-refractivity contribution is 0.504. The van der Waals surface area contributed by atoms with Crippen molar-refractivity contribution in [2.75, 3.05) is 0 Å². The van der Waals surface area contributed by atoms with E-state index in [1.165, 1.54) is 77.0 Å². The Bertz CT molecular complexity index is 109. The van der Waals surface area contributed by atoms with Crippen molar-refractivity contribution in [3.63, 3.8) is 0 Å². The van der Waals surface area contributed by atoms with Crippen LogP contribution in [0.15, 0.2) is 12.2 Å². The van der Waals surface area contributed by atoms with Crippen molar-refractivity contribution in [3.8, 4) is 0 Å². The Morgan fingerprint density at radius 1 is 0.357 bits per heavy atom. The third-order valence-corrected chi connectivity index (χ3v) is 3.16. The molecule has 0 aliphatic heterocycles. The molecule has 0 aromatic carbocycles. The van der Waals surface area contributed by atoms with Gasteiger partial charge < -0.3 is 0 Å². The van der Waals surface area contributed by atoms with Crippen LogP contribution in [0, 0.1) is 0 Å². The van der Waals surface area contributed by atoms with E-state index in [1.807, 2.05) is 0 Å². The van der Waals surface area contributed by atoms with Crippen LogP contribution >= 0.6 is 0 Å². The fourth-order valence-electron chi connectivity index (χ4n) is 2.17. The quantitative estimate of drug-likeness (QED) is 0.463. The molecule has 0 aromatic heterocycles. The smallest absolute Gasteiger partial charge is 0.0351 e. The Morgan fingerprint density at radius 2 is 0.643 bits per heavy atom. The Labute approximate surface area is 89.8 Å². The van der Waals surface area contributed by atoms with Gasteiger partial charge in [-0.25, -0.2) is 0 Å². The van der Waals surface area contributed by atoms with E-state index in [9.17, 15) is 0 Å². The molecular weight excluding hydrogens is 168 g/mol. The summed E-state index contributed by atoms with van der Waals surface area (Å²) in [4.78, 5) is 0. The zero-order valence-electron chi connectivity index (χ0n) is 9.64. The highest BCUT2D eigenvalue weighted by Crippen LogP contribution is 2.15. The van der Waals surface area contributed by atoms with Crippen molar-refractivity contribution in [1.82, 2.24) is 0 Å². The molecule has 0 nitrogen and oxygen atoms in total. The Balaban J connectivity index is 0.000000146. The van der Waals surface area contributed by atoms with Crippen molar-refractivity contribution in [2.45, 2.75) is 77.0 Å². The third kappa shape index (κ3) is 7.17. The first kappa shape index (κ1) is 11.8. The zero-order valence-corrected chi connectivity index (χ0v) is 9.64. The molecule has 0 aromatic rings. The summed E-state index contributed by atoms with van der Waals surface area (Å²) < 4.78 is 0. The first-order valence-electron chi connectivity index (χ1n) is 6.65. The van der Waals surface area contributed by atoms with Crippen molar-refractivity contribution >= 4 is 0 Å². The largest absolute Gasteiger partial charge is 0.0885 e. The third-order valence-electron chi connectivity index (χ3n) is 3.16. The lowest BCUT2D eigenvalue weighted by Gasteiger charge is -2.05. The highest BCUT2D eigenvalue weighted by atomic mass is 14.0. The molecule has 1 fully saturated rings. The number of rotatable bonds is 0. The summed E-state index contributed by atoms with van der Waals surface area (Å²) >= 11 is 0. The van der Waals surface area contributed by atoms with Crippen LogP contribution in [-0.4, -0.2) is 0 Å². The molecule has 0 atom stereocenters. The highest BCUT2D eigenvalue weighted by molar-refractivity contribution is 4.82. The van der Waals surface area contributed by atoms with Gasteiger partial charge in [-0.3, -0.25) is 0 Å². The maximum atomic E-state index is 2.32. The summed E-state index contributed by atoms with van der Waals surface area (Å²) in [6.45, 7) is 0. The molecule has 0 saturated heterocycles. The molecule has 0 heteroatoms. The van der Waals surface area contributed by atoms with Crippen LogP contribution < -0.4 is 0 Å². The molecule has 0 unspecified atom stereocenters. The van der Waals surface area contributed by atoms with Gasteiger partial charge in [0.15, 0.2) is 0 Å². The van der Waals surface area contributed by atoms with E-state index >= 15 is 0 Å². The van der Waals surface area contributed by atoms with E-state index in [0.717, 1.165) is 0 Å². The molecule has 0 N–H and O–H groups in total. The normalized spacial score (nSPS) is 22.9. The summed E-state index contributed by atoms with van der Waals surface area (Å²) in [6.07, 6.45) is 22.0. The van der Waals surface area contributed by atoms with Crippen molar-refractivity contribution in [3.05, 3.63) is 12.2 Å². The summed E-state index contributed by atoms with van der Waals surface area (Å²) in [5.41, 5.74) is 0. The van der Waals surface area contributed by atoms with Gasteiger partial charge >= 0.3 is 0 Å². The molecular formula is C14H26. The fraction of sp³-hybridized carbons (Fsp3) is 0.857. The highest BCUT2D eigenvalue weighted by Gasteiger charge is 1.95. The molecule has 0 radical (unpaired) electrons. The maximum Gasteiger partial charge on any atom is -0.0351 e. The second-order valence-corrected chi connectivity index (χ2v) is 4.58. The molecule has 2 rings (SSSR count). The van der Waals surface area contributed by atoms with Crippen LogP contribution in [0.1, 0.15) is 77.0 Å². The molecule has 82 valence electrons. The first-order chi connectivity index (χ1) is 7.00. The van der Waals surface area contributed by atoms with E-state index in [4.69, 9.17) is 0 Å². The number of hydrogen-bond donors (Lipinski definition) is 0. The van der Waals surface area contributed by atoms with E-state index < -0.39 is 0 Å². The van der Waals surface area contributed by atoms with Gasteiger partial charge in [-0.1, -0.05) is 63.5 Å². The monoisotopic (exact) mass is 194 g/mol. The standard InChI is InChI=1S/C8H14.C6H12/c1-2-4-6-8-7-5-3-1;1-2-4-6-5-3-1/h1-2H,3-8H2;1-6H2. The van der Waals surface area contributed by atoms with E-state index in [0.29, 0.717) is 0 Å². The van der Waals surface area contributed by atoms with Gasteiger partial charge in [0.05, 0.1) is 0 Å². The second-order valence-electron chi connectivity index (χ2n) is 4.58. The Morgan fingerprint density at radius 3 is 1.00 bits per heavy atom. The average molecular weight is 194 g/mol. The maximum absolute atomic E-state index is 2.32. The molecule has 0 bridgehead atoms. The Kier molecular flexibility index (Phi) is 7.85. The van der Waals surface area contributed by atoms with Gasteiger partial charge in [0, 0.05) is 0 Å². The van der Waals surface area contributed by atoms with Gasteiger partial charge in [0.25, 0.3) is 0 Å². The van der Waals surface area contributed by atoms with Gasteiger partial charge in [0.2, 0.25) is 0 Å².